The van der Waals surface area contributed by atoms with Crippen molar-refractivity contribution in [3.8, 4) is 0 Å². The summed E-state index contributed by atoms with van der Waals surface area (Å²) in [5.41, 5.74) is -5.32. The van der Waals surface area contributed by atoms with E-state index >= 15 is 4.79 Å². The molecule has 10 rings (SSSR count). The summed E-state index contributed by atoms with van der Waals surface area (Å²) in [6.07, 6.45) is -38.3. The lowest BCUT2D eigenvalue weighted by Gasteiger charge is -2.71. The van der Waals surface area contributed by atoms with E-state index in [9.17, 15) is 91.3 Å². The first kappa shape index (κ1) is 71.0. The molecule has 0 aromatic rings. The van der Waals surface area contributed by atoms with E-state index in [1.165, 1.54) is 20.8 Å². The van der Waals surface area contributed by atoms with Crippen LogP contribution < -0.4 is 0 Å². The molecule has 16 N–H and O–H groups in total. The van der Waals surface area contributed by atoms with Crippen molar-refractivity contribution in [1.82, 2.24) is 0 Å². The summed E-state index contributed by atoms with van der Waals surface area (Å²) >= 11 is 0. The number of allylic oxidation sites excluding steroid dienone is 1. The van der Waals surface area contributed by atoms with Gasteiger partial charge in [-0.2, -0.15) is 0 Å². The molecule has 0 bridgehead atoms. The fourth-order valence-electron chi connectivity index (χ4n) is 18.2. The van der Waals surface area contributed by atoms with Gasteiger partial charge in [0.05, 0.1) is 55.6 Å². The number of aliphatic carboxylic acids is 1. The normalized spacial score (nSPS) is 53.1. The third-order valence-corrected chi connectivity index (χ3v) is 23.4. The van der Waals surface area contributed by atoms with Gasteiger partial charge in [0, 0.05) is 12.3 Å². The molecule has 0 amide bonds. The van der Waals surface area contributed by atoms with Gasteiger partial charge in [-0.1, -0.05) is 39.3 Å². The maximum Gasteiger partial charge on any atom is 0.315 e. The van der Waals surface area contributed by atoms with Crippen molar-refractivity contribution >= 4 is 17.9 Å². The van der Waals surface area contributed by atoms with Gasteiger partial charge in [0.1, 0.15) is 97.7 Å². The molecular formula is C61H96O30. The molecule has 30 nitrogen and oxygen atoms in total. The molecule has 30 heteroatoms. The molecule has 5 aliphatic carbocycles. The third kappa shape index (κ3) is 11.8. The van der Waals surface area contributed by atoms with Gasteiger partial charge in [0.15, 0.2) is 37.4 Å². The minimum Gasteiger partial charge on any atom is -0.481 e. The van der Waals surface area contributed by atoms with E-state index in [-0.39, 0.29) is 43.6 Å². The Morgan fingerprint density at radius 2 is 1.11 bits per heavy atom. The van der Waals surface area contributed by atoms with E-state index in [0.717, 1.165) is 12.5 Å². The fraction of sp³-hybridized carbons (Fsp3) is 0.918. The lowest BCUT2D eigenvalue weighted by molar-refractivity contribution is -0.378. The first-order valence-electron chi connectivity index (χ1n) is 31.8. The number of fused-ring (bicyclic) bond motifs is 7. The monoisotopic (exact) mass is 1310 g/mol. The van der Waals surface area contributed by atoms with Crippen LogP contribution in [-0.2, 0) is 66.5 Å². The second-order valence-electron chi connectivity index (χ2n) is 29.0. The maximum atomic E-state index is 15.7. The highest BCUT2D eigenvalue weighted by molar-refractivity contribution is 5.79. The Morgan fingerprint density at radius 1 is 0.560 bits per heavy atom. The molecule has 91 heavy (non-hydrogen) atoms. The van der Waals surface area contributed by atoms with Crippen LogP contribution in [0.25, 0.3) is 0 Å². The van der Waals surface area contributed by atoms with Crippen LogP contribution in [0.3, 0.4) is 0 Å². The predicted octanol–water partition coefficient (Wildman–Crippen LogP) is -3.94. The Kier molecular flexibility index (Phi) is 20.4. The second-order valence-corrected chi connectivity index (χ2v) is 29.0. The summed E-state index contributed by atoms with van der Waals surface area (Å²) in [5, 5.41) is 176. The molecule has 5 aliphatic heterocycles. The van der Waals surface area contributed by atoms with Crippen molar-refractivity contribution in [2.45, 2.75) is 273 Å². The Hall–Kier alpha value is -2.81. The van der Waals surface area contributed by atoms with Gasteiger partial charge in [-0.15, -0.1) is 0 Å². The summed E-state index contributed by atoms with van der Waals surface area (Å²) in [6.45, 7) is 11.3. The van der Waals surface area contributed by atoms with Gasteiger partial charge in [-0.25, -0.2) is 0 Å². The molecule has 4 saturated carbocycles. The third-order valence-electron chi connectivity index (χ3n) is 23.4. The summed E-state index contributed by atoms with van der Waals surface area (Å²) in [4.78, 5) is 42.0. The first-order valence-corrected chi connectivity index (χ1v) is 31.8. The van der Waals surface area contributed by atoms with Crippen molar-refractivity contribution in [2.24, 2.45) is 50.2 Å². The smallest absolute Gasteiger partial charge is 0.315 e. The maximum absolute atomic E-state index is 15.7. The molecular weight excluding hydrogens is 1210 g/mol. The number of carboxylic acids is 1. The average Bonchev–Trinajstić information content (AvgIpc) is 0.671. The Labute approximate surface area is 525 Å². The summed E-state index contributed by atoms with van der Waals surface area (Å²) in [6, 6.07) is 0. The number of esters is 2. The van der Waals surface area contributed by atoms with E-state index in [2.05, 4.69) is 26.8 Å². The second kappa shape index (κ2) is 26.2. The molecule has 0 radical (unpaired) electrons. The van der Waals surface area contributed by atoms with Crippen LogP contribution in [0.15, 0.2) is 11.6 Å². The molecule has 5 heterocycles. The summed E-state index contributed by atoms with van der Waals surface area (Å²) < 4.78 is 64.9. The van der Waals surface area contributed by atoms with Crippen LogP contribution in [0.1, 0.15) is 113 Å². The zero-order chi connectivity index (χ0) is 66.7. The number of aliphatic hydroxyl groups excluding tert-OH is 15. The molecule has 5 saturated heterocycles. The standard InChI is InChI=1S/C61H96O30/c1-23-45(88-49-40(73)36(69)31(21-81-49)87-51-41(74)37(70)34(67)29(19-62)85-51)39(72)43(76)50(82-23)89-47-44(77)46(84-25(3)65)24(2)83-53(47)91-55(80)60-14-13-56(4,5)17-27(60)26-9-10-32-57(6)18-28(66)48(90-52-42(75)38(71)35(68)30(20-63)86-52)59(8,54(78)79)33(57)11-12-58(32,7)61(26,22-64)16-15-60/h9,23-24,27-53,62-64,66-77H,10-22H2,1-8H3,(H,78,79)/t23-,24+,27-,28-,29+,30+,31+,32+,33+,34-,35+,36-,37-,38-,39-,40+,41+,42+,43+,44-,45-,46-,47+,48-,49-,50-,51-,52-,53-,57+,58+,59-,60-,61-/m0/s1. The van der Waals surface area contributed by atoms with Crippen LogP contribution >= 0.6 is 0 Å². The number of hydrogen-bond donors (Lipinski definition) is 16. The van der Waals surface area contributed by atoms with Crippen LogP contribution in [-0.4, -0.2) is 286 Å². The van der Waals surface area contributed by atoms with E-state index < -0.39 is 236 Å². The summed E-state index contributed by atoms with van der Waals surface area (Å²) in [5.74, 6) is -4.43. The van der Waals surface area contributed by atoms with E-state index in [0.29, 0.717) is 32.1 Å². The van der Waals surface area contributed by atoms with Gasteiger partial charge in [-0.3, -0.25) is 14.4 Å². The van der Waals surface area contributed by atoms with Crippen molar-refractivity contribution < 1.29 is 148 Å². The van der Waals surface area contributed by atoms with Crippen LogP contribution in [0.4, 0.5) is 0 Å². The average molecular weight is 1310 g/mol. The molecule has 9 fully saturated rings. The Morgan fingerprint density at radius 3 is 1.70 bits per heavy atom. The highest BCUT2D eigenvalue weighted by Gasteiger charge is 2.74. The fourth-order valence-corrected chi connectivity index (χ4v) is 18.2. The number of carbonyl (C=O) groups excluding carboxylic acids is 2. The van der Waals surface area contributed by atoms with Crippen molar-refractivity contribution in [1.29, 1.82) is 0 Å². The minimum absolute atomic E-state index is 0.0192. The SMILES string of the molecule is CC(=O)O[C@@H]1[C@H](O)[C@@H](O[C@@H]2O[C@@H](C)[C@H](O[C@@H]3OC[C@@H](O[C@@H]4O[C@H](CO)[C@H](O)[C@H](O)[C@H]4O)[C@H](O)[C@H]3O)[C@@H](O)[C@H]2O)[C@H](OC(=O)[C@]23CCC(C)(C)C[C@H]2C2=CC[C@@H]4[C@@]5(C)C[C@H](O)[C@H](O[C@@H]6O[C@H](CO)[C@@H](O)[C@H](O)[C@H]6O)[C@@](C)(C(=O)O)[C@@H]5CC[C@@]4(C)[C@]2(CO)CC3)O[C@@H]1C. The quantitative estimate of drug-likeness (QED) is 0.0423. The van der Waals surface area contributed by atoms with Gasteiger partial charge >= 0.3 is 17.9 Å². The molecule has 0 aromatic carbocycles. The largest absolute Gasteiger partial charge is 0.481 e. The number of aliphatic hydroxyl groups is 15. The highest BCUT2D eigenvalue weighted by Crippen LogP contribution is 2.76. The van der Waals surface area contributed by atoms with Crippen LogP contribution in [0, 0.1) is 50.2 Å². The van der Waals surface area contributed by atoms with Gasteiger partial charge in [-0.05, 0) is 113 Å². The van der Waals surface area contributed by atoms with Crippen molar-refractivity contribution in [2.75, 3.05) is 26.4 Å². The number of carbonyl (C=O) groups is 3. The zero-order valence-electron chi connectivity index (χ0n) is 52.4. The molecule has 0 spiro atoms. The lowest BCUT2D eigenvalue weighted by atomic mass is 9.33. The highest BCUT2D eigenvalue weighted by atomic mass is 16.8. The topological polar surface area (TPSA) is 476 Å². The van der Waals surface area contributed by atoms with Gasteiger partial charge < -0.3 is 134 Å². The zero-order valence-corrected chi connectivity index (χ0v) is 52.4. The molecule has 10 aliphatic rings. The number of rotatable bonds is 15. The molecule has 34 atom stereocenters. The molecule has 0 aromatic heterocycles. The molecule has 0 unspecified atom stereocenters. The minimum atomic E-state index is -2.03. The van der Waals surface area contributed by atoms with Crippen molar-refractivity contribution in [3.05, 3.63) is 11.6 Å². The number of ether oxygens (including phenoxy) is 11. The lowest BCUT2D eigenvalue weighted by Crippen LogP contribution is -2.71. The van der Waals surface area contributed by atoms with Gasteiger partial charge in [0.25, 0.3) is 0 Å². The number of hydrogen-bond acceptors (Lipinski definition) is 29. The first-order chi connectivity index (χ1) is 42.6. The van der Waals surface area contributed by atoms with E-state index in [1.54, 1.807) is 0 Å². The van der Waals surface area contributed by atoms with E-state index in [1.807, 2.05) is 6.92 Å². The van der Waals surface area contributed by atoms with Gasteiger partial charge in [0.2, 0.25) is 6.29 Å². The van der Waals surface area contributed by atoms with Crippen LogP contribution in [0.5, 0.6) is 0 Å². The summed E-state index contributed by atoms with van der Waals surface area (Å²) in [7, 11) is 0. The van der Waals surface area contributed by atoms with Crippen molar-refractivity contribution in [3.63, 3.8) is 0 Å². The van der Waals surface area contributed by atoms with Crippen LogP contribution in [0.2, 0.25) is 0 Å². The van der Waals surface area contributed by atoms with E-state index in [4.69, 9.17) is 52.1 Å². The predicted molar refractivity (Wildman–Crippen MR) is 301 cm³/mol. The molecule has 520 valence electrons. The Balaban J connectivity index is 0.875. The number of carboxylic acid groups (broad SMARTS) is 1. The Bertz CT molecular complexity index is 2630.